The van der Waals surface area contributed by atoms with Crippen molar-refractivity contribution in [3.8, 4) is 17.4 Å². The van der Waals surface area contributed by atoms with Crippen LogP contribution in [0.4, 0.5) is 18.9 Å². The van der Waals surface area contributed by atoms with Gasteiger partial charge in [0.15, 0.2) is 6.61 Å². The van der Waals surface area contributed by atoms with Crippen LogP contribution >= 0.6 is 11.6 Å². The van der Waals surface area contributed by atoms with Crippen LogP contribution in [0.1, 0.15) is 21.6 Å². The molecule has 3 heterocycles. The number of amides is 1. The first-order chi connectivity index (χ1) is 23.8. The summed E-state index contributed by atoms with van der Waals surface area (Å²) in [5.74, 6) is 0.798. The molecule has 3 aromatic carbocycles. The Hall–Kier alpha value is -4.79. The topological polar surface area (TPSA) is 106 Å². The largest absolute Gasteiger partial charge is 0.484 e. The average molecular weight is 728 g/mol. The van der Waals surface area contributed by atoms with Gasteiger partial charge in [-0.2, -0.15) is 13.2 Å². The van der Waals surface area contributed by atoms with Gasteiger partial charge in [-0.15, -0.1) is 0 Å². The van der Waals surface area contributed by atoms with Crippen LogP contribution in [-0.2, 0) is 23.6 Å². The Morgan fingerprint density at radius 3 is 2.34 bits per heavy atom. The summed E-state index contributed by atoms with van der Waals surface area (Å²) in [7, 11) is -2.12. The first-order valence-electron chi connectivity index (χ1n) is 15.6. The van der Waals surface area contributed by atoms with E-state index >= 15 is 0 Å². The highest BCUT2D eigenvalue weighted by molar-refractivity contribution is 7.92. The Morgan fingerprint density at radius 1 is 0.960 bits per heavy atom. The van der Waals surface area contributed by atoms with Crippen molar-refractivity contribution >= 4 is 44.1 Å². The lowest BCUT2D eigenvalue weighted by Crippen LogP contribution is -2.48. The van der Waals surface area contributed by atoms with Gasteiger partial charge < -0.3 is 18.9 Å². The summed E-state index contributed by atoms with van der Waals surface area (Å²) in [4.78, 5) is 21.8. The Morgan fingerprint density at radius 2 is 1.68 bits per heavy atom. The normalized spacial score (nSPS) is 14.2. The summed E-state index contributed by atoms with van der Waals surface area (Å²) in [6.45, 7) is 3.28. The van der Waals surface area contributed by atoms with Crippen LogP contribution in [0.3, 0.4) is 0 Å². The van der Waals surface area contributed by atoms with Crippen molar-refractivity contribution < 1.29 is 35.9 Å². The number of halogens is 4. The molecule has 15 heteroatoms. The van der Waals surface area contributed by atoms with Gasteiger partial charge in [0.2, 0.25) is 5.88 Å². The molecule has 262 valence electrons. The monoisotopic (exact) mass is 727 g/mol. The number of hydrogen-bond donors (Lipinski definition) is 1. The quantitative estimate of drug-likeness (QED) is 0.165. The lowest BCUT2D eigenvalue weighted by atomic mass is 10.2. The zero-order valence-corrected chi connectivity index (χ0v) is 28.6. The summed E-state index contributed by atoms with van der Waals surface area (Å²) >= 11 is 6.15. The van der Waals surface area contributed by atoms with E-state index in [0.717, 1.165) is 16.5 Å². The van der Waals surface area contributed by atoms with E-state index in [1.807, 2.05) is 34.7 Å². The molecule has 1 saturated heterocycles. The number of ether oxygens (including phenoxy) is 2. The molecule has 6 rings (SSSR count). The number of fused-ring (bicyclic) bond motifs is 1. The van der Waals surface area contributed by atoms with E-state index in [1.54, 1.807) is 43.3 Å². The average Bonchev–Trinajstić information content (AvgIpc) is 3.40. The molecule has 0 atom stereocenters. The Bertz CT molecular complexity index is 2100. The minimum absolute atomic E-state index is 0.00100. The molecule has 0 aliphatic carbocycles. The van der Waals surface area contributed by atoms with Gasteiger partial charge in [0.25, 0.3) is 15.9 Å². The van der Waals surface area contributed by atoms with Crippen molar-refractivity contribution in [2.75, 3.05) is 37.5 Å². The van der Waals surface area contributed by atoms with Gasteiger partial charge in [0.05, 0.1) is 22.4 Å². The van der Waals surface area contributed by atoms with Crippen molar-refractivity contribution in [2.24, 2.45) is 7.05 Å². The second-order valence-electron chi connectivity index (χ2n) is 11.9. The molecule has 0 spiro atoms. The zero-order valence-electron chi connectivity index (χ0n) is 27.1. The number of hydrogen-bond acceptors (Lipinski definition) is 7. The zero-order chi connectivity index (χ0) is 35.6. The van der Waals surface area contributed by atoms with Gasteiger partial charge >= 0.3 is 6.18 Å². The van der Waals surface area contributed by atoms with Gasteiger partial charge in [0.1, 0.15) is 22.1 Å². The van der Waals surface area contributed by atoms with Crippen molar-refractivity contribution in [3.05, 3.63) is 107 Å². The molecule has 1 amide bonds. The summed E-state index contributed by atoms with van der Waals surface area (Å²) in [6, 6.07) is 21.8. The summed E-state index contributed by atoms with van der Waals surface area (Å²) < 4.78 is 78.1. The van der Waals surface area contributed by atoms with E-state index in [9.17, 15) is 26.4 Å². The number of aromatic nitrogens is 2. The second-order valence-corrected chi connectivity index (χ2v) is 13.9. The van der Waals surface area contributed by atoms with E-state index in [2.05, 4.69) is 14.6 Å². The maximum absolute atomic E-state index is 13.6. The number of aryl methyl sites for hydroxylation is 2. The summed E-state index contributed by atoms with van der Waals surface area (Å²) in [6.07, 6.45) is -3.04. The Balaban J connectivity index is 1.05. The highest BCUT2D eigenvalue weighted by Gasteiger charge is 2.29. The van der Waals surface area contributed by atoms with Gasteiger partial charge in [-0.25, -0.2) is 13.4 Å². The number of carbonyl (C=O) groups is 1. The van der Waals surface area contributed by atoms with Crippen molar-refractivity contribution in [1.29, 1.82) is 0 Å². The molecule has 10 nitrogen and oxygen atoms in total. The van der Waals surface area contributed by atoms with E-state index in [0.29, 0.717) is 49.7 Å². The number of rotatable bonds is 10. The molecule has 1 aliphatic rings. The van der Waals surface area contributed by atoms with E-state index < -0.39 is 22.8 Å². The highest BCUT2D eigenvalue weighted by Crippen LogP contribution is 2.30. The molecule has 0 radical (unpaired) electrons. The number of alkyl halides is 3. The van der Waals surface area contributed by atoms with Gasteiger partial charge in [-0.05, 0) is 60.5 Å². The van der Waals surface area contributed by atoms with Crippen LogP contribution in [0.2, 0.25) is 5.02 Å². The first kappa shape index (κ1) is 35.1. The third kappa shape index (κ3) is 8.15. The third-order valence-corrected chi connectivity index (χ3v) is 10.3. The highest BCUT2D eigenvalue weighted by atomic mass is 35.5. The predicted octanol–water partition coefficient (Wildman–Crippen LogP) is 7.03. The van der Waals surface area contributed by atoms with Crippen LogP contribution in [0.15, 0.2) is 90.0 Å². The predicted molar refractivity (Wildman–Crippen MR) is 183 cm³/mol. The molecule has 2 aromatic heterocycles. The standard InChI is InChI=1S/C35H33ClF3N5O5S/c1-23-4-3-5-29(36)33(23)50(46,47)41-26-9-13-32(40-20-26)49-28-12-8-25-18-31(42(2)30(25)19-28)34(45)44-16-14-43(15-17-44)21-24-6-10-27(11-7-24)48-22-35(37,38)39/h3-13,18-20,41H,14-17,21-22H2,1-2H3. The molecular weight excluding hydrogens is 695 g/mol. The minimum Gasteiger partial charge on any atom is -0.484 e. The van der Waals surface area contributed by atoms with Crippen molar-refractivity contribution in [3.63, 3.8) is 0 Å². The molecule has 50 heavy (non-hydrogen) atoms. The number of sulfonamides is 1. The molecule has 1 fully saturated rings. The van der Waals surface area contributed by atoms with E-state index in [-0.39, 0.29) is 33.1 Å². The van der Waals surface area contributed by atoms with Gasteiger partial charge in [-0.3, -0.25) is 14.4 Å². The number of nitrogens with zero attached hydrogens (tertiary/aromatic N) is 4. The van der Waals surface area contributed by atoms with Crippen molar-refractivity contribution in [2.45, 2.75) is 24.5 Å². The molecule has 1 N–H and O–H groups in total. The second kappa shape index (κ2) is 14.2. The number of pyridine rings is 1. The van der Waals surface area contributed by atoms with Crippen LogP contribution in [-0.4, -0.2) is 72.6 Å². The molecular formula is C35H33ClF3N5O5S. The van der Waals surface area contributed by atoms with E-state index in [1.165, 1.54) is 30.5 Å². The lowest BCUT2D eigenvalue weighted by molar-refractivity contribution is -0.153. The fraction of sp³-hybridized carbons (Fsp3) is 0.257. The molecule has 0 unspecified atom stereocenters. The third-order valence-electron chi connectivity index (χ3n) is 8.27. The number of nitrogens with one attached hydrogen (secondary N) is 1. The number of carbonyl (C=O) groups excluding carboxylic acids is 1. The molecule has 1 aliphatic heterocycles. The molecule has 5 aromatic rings. The lowest BCUT2D eigenvalue weighted by Gasteiger charge is -2.34. The summed E-state index contributed by atoms with van der Waals surface area (Å²) in [5, 5.41) is 0.979. The van der Waals surface area contributed by atoms with Crippen molar-refractivity contribution in [1.82, 2.24) is 19.4 Å². The van der Waals surface area contributed by atoms with E-state index in [4.69, 9.17) is 21.1 Å². The summed E-state index contributed by atoms with van der Waals surface area (Å²) in [5.41, 5.74) is 3.01. The maximum Gasteiger partial charge on any atom is 0.422 e. The van der Waals surface area contributed by atoms with Crippen LogP contribution in [0, 0.1) is 6.92 Å². The first-order valence-corrected chi connectivity index (χ1v) is 17.4. The number of anilines is 1. The van der Waals surface area contributed by atoms with Crippen LogP contribution in [0.25, 0.3) is 10.9 Å². The van der Waals surface area contributed by atoms with Gasteiger partial charge in [0, 0.05) is 57.3 Å². The van der Waals surface area contributed by atoms with Crippen LogP contribution < -0.4 is 14.2 Å². The fourth-order valence-corrected chi connectivity index (χ4v) is 7.63. The molecule has 0 saturated carbocycles. The SMILES string of the molecule is Cc1cccc(Cl)c1S(=O)(=O)Nc1ccc(Oc2ccc3cc(C(=O)N4CCN(Cc5ccc(OCC(F)(F)F)cc5)CC4)n(C)c3c2)nc1. The van der Waals surface area contributed by atoms with Crippen LogP contribution in [0.5, 0.6) is 17.4 Å². The maximum atomic E-state index is 13.6. The number of piperazine rings is 1. The van der Waals surface area contributed by atoms with Gasteiger partial charge in [-0.1, -0.05) is 35.9 Å². The smallest absolute Gasteiger partial charge is 0.422 e. The Kier molecular flexibility index (Phi) is 9.96. The minimum atomic E-state index is -4.39. The Labute approximate surface area is 292 Å². The fourth-order valence-electron chi connectivity index (χ4n) is 5.75. The molecule has 0 bridgehead atoms. The number of benzene rings is 3.